The molecule has 4 aromatic rings. The zero-order chi connectivity index (χ0) is 18.2. The third kappa shape index (κ3) is 2.93. The summed E-state index contributed by atoms with van der Waals surface area (Å²) < 4.78 is 25.6. The van der Waals surface area contributed by atoms with Gasteiger partial charge in [0.25, 0.3) is 0 Å². The molecule has 0 bridgehead atoms. The molecule has 0 aliphatic carbocycles. The van der Waals surface area contributed by atoms with Crippen molar-refractivity contribution in [1.29, 1.82) is 0 Å². The van der Waals surface area contributed by atoms with Crippen molar-refractivity contribution >= 4 is 11.5 Å². The van der Waals surface area contributed by atoms with Crippen LogP contribution in [0.1, 0.15) is 5.56 Å². The van der Waals surface area contributed by atoms with E-state index in [1.165, 1.54) is 12.1 Å². The number of hydrogen-bond donors (Lipinski definition) is 1. The lowest BCUT2D eigenvalue weighted by Crippen LogP contribution is -2.04. The topological polar surface area (TPSA) is 60.7 Å². The van der Waals surface area contributed by atoms with E-state index < -0.39 is 0 Å². The number of nitrogens with zero attached hydrogens (tertiary/aromatic N) is 3. The lowest BCUT2D eigenvalue weighted by molar-refractivity contribution is 0.174. The van der Waals surface area contributed by atoms with Gasteiger partial charge >= 0.3 is 0 Å². The number of benzene rings is 2. The van der Waals surface area contributed by atoms with Gasteiger partial charge in [-0.25, -0.2) is 13.9 Å². The average molecular weight is 362 g/mol. The van der Waals surface area contributed by atoms with Gasteiger partial charge in [0.05, 0.1) is 11.9 Å². The van der Waals surface area contributed by atoms with Crippen LogP contribution in [0.3, 0.4) is 0 Å². The van der Waals surface area contributed by atoms with E-state index in [2.05, 4.69) is 15.4 Å². The molecule has 7 heteroatoms. The highest BCUT2D eigenvalue weighted by molar-refractivity contribution is 5.67. The predicted molar refractivity (Wildman–Crippen MR) is 98.3 cm³/mol. The zero-order valence-electron chi connectivity index (χ0n) is 14.2. The fourth-order valence-corrected chi connectivity index (χ4v) is 3.02. The second-order valence-electron chi connectivity index (χ2n) is 6.18. The Morgan fingerprint density at radius 1 is 1.00 bits per heavy atom. The number of imidazole rings is 1. The molecule has 6 nitrogen and oxygen atoms in total. The Balaban J connectivity index is 1.44. The minimum atomic E-state index is -0.245. The van der Waals surface area contributed by atoms with E-state index in [1.54, 1.807) is 22.8 Å². The predicted octanol–water partition coefficient (Wildman–Crippen LogP) is 3.88. The third-order valence-electron chi connectivity index (χ3n) is 4.42. The number of fused-ring (bicyclic) bond motifs is 2. The number of nitrogens with one attached hydrogen (secondary N) is 1. The Labute approximate surface area is 154 Å². The second kappa shape index (κ2) is 6.28. The summed E-state index contributed by atoms with van der Waals surface area (Å²) in [5, 5.41) is 7.89. The summed E-state index contributed by atoms with van der Waals surface area (Å²) in [6.07, 6.45) is 1.78. The quantitative estimate of drug-likeness (QED) is 0.597. The highest BCUT2D eigenvalue weighted by Gasteiger charge is 2.16. The number of anilines is 1. The van der Waals surface area contributed by atoms with Crippen LogP contribution < -0.4 is 14.8 Å². The molecule has 2 aromatic carbocycles. The number of halogens is 1. The summed E-state index contributed by atoms with van der Waals surface area (Å²) in [5.41, 5.74) is 3.51. The number of rotatable bonds is 4. The summed E-state index contributed by atoms with van der Waals surface area (Å²) in [7, 11) is 0. The van der Waals surface area contributed by atoms with E-state index in [-0.39, 0.29) is 12.6 Å². The van der Waals surface area contributed by atoms with Gasteiger partial charge in [-0.1, -0.05) is 12.1 Å². The van der Waals surface area contributed by atoms with Crippen LogP contribution in [-0.4, -0.2) is 21.4 Å². The molecule has 0 spiro atoms. The van der Waals surface area contributed by atoms with Crippen molar-refractivity contribution in [3.63, 3.8) is 0 Å². The van der Waals surface area contributed by atoms with E-state index in [0.29, 0.717) is 18.1 Å². The van der Waals surface area contributed by atoms with Crippen LogP contribution in [0.4, 0.5) is 10.2 Å². The largest absolute Gasteiger partial charge is 0.454 e. The van der Waals surface area contributed by atoms with Gasteiger partial charge in [0.15, 0.2) is 17.1 Å². The van der Waals surface area contributed by atoms with E-state index in [0.717, 1.165) is 28.2 Å². The van der Waals surface area contributed by atoms with Crippen molar-refractivity contribution in [2.75, 3.05) is 12.1 Å². The van der Waals surface area contributed by atoms with Crippen molar-refractivity contribution in [3.05, 3.63) is 72.2 Å². The monoisotopic (exact) mass is 362 g/mol. The molecule has 134 valence electrons. The van der Waals surface area contributed by atoms with Gasteiger partial charge in [-0.15, -0.1) is 5.10 Å². The van der Waals surface area contributed by atoms with Crippen LogP contribution in [0.5, 0.6) is 11.5 Å². The van der Waals surface area contributed by atoms with Crippen molar-refractivity contribution in [2.45, 2.75) is 6.54 Å². The Morgan fingerprint density at radius 3 is 2.74 bits per heavy atom. The van der Waals surface area contributed by atoms with E-state index in [1.807, 2.05) is 30.3 Å². The molecule has 3 heterocycles. The summed E-state index contributed by atoms with van der Waals surface area (Å²) >= 11 is 0. The number of aromatic nitrogens is 3. The summed E-state index contributed by atoms with van der Waals surface area (Å²) in [6.45, 7) is 0.786. The molecule has 2 aromatic heterocycles. The summed E-state index contributed by atoms with van der Waals surface area (Å²) in [6, 6.07) is 15.9. The van der Waals surface area contributed by atoms with Crippen LogP contribution in [0, 0.1) is 5.82 Å². The standard InChI is InChI=1S/C20H15FN4O2/c21-15-4-1-13(2-5-15)10-22-19-7-8-20-23-11-16(25(20)24-19)14-3-6-17-18(9-14)27-12-26-17/h1-9,11H,10,12H2,(H,22,24). The summed E-state index contributed by atoms with van der Waals surface area (Å²) in [5.74, 6) is 1.91. The molecular weight excluding hydrogens is 347 g/mol. The van der Waals surface area contributed by atoms with E-state index >= 15 is 0 Å². The normalized spacial score (nSPS) is 12.5. The first kappa shape index (κ1) is 15.6. The first-order chi connectivity index (χ1) is 13.3. The molecule has 1 N–H and O–H groups in total. The molecule has 5 rings (SSSR count). The molecule has 0 saturated heterocycles. The average Bonchev–Trinajstić information content (AvgIpc) is 3.33. The van der Waals surface area contributed by atoms with Gasteiger partial charge in [-0.05, 0) is 48.0 Å². The Bertz CT molecular complexity index is 1120. The molecule has 0 amide bonds. The Hall–Kier alpha value is -3.61. The molecule has 0 atom stereocenters. The number of ether oxygens (including phenoxy) is 2. The van der Waals surface area contributed by atoms with Gasteiger partial charge in [0.1, 0.15) is 11.6 Å². The van der Waals surface area contributed by atoms with Crippen LogP contribution in [0.25, 0.3) is 16.9 Å². The van der Waals surface area contributed by atoms with Crippen molar-refractivity contribution in [3.8, 4) is 22.8 Å². The van der Waals surface area contributed by atoms with Gasteiger partial charge in [0.2, 0.25) is 6.79 Å². The second-order valence-corrected chi connectivity index (χ2v) is 6.18. The minimum Gasteiger partial charge on any atom is -0.454 e. The lowest BCUT2D eigenvalue weighted by atomic mass is 10.1. The minimum absolute atomic E-state index is 0.238. The van der Waals surface area contributed by atoms with E-state index in [4.69, 9.17) is 9.47 Å². The molecule has 27 heavy (non-hydrogen) atoms. The molecule has 0 radical (unpaired) electrons. The van der Waals surface area contributed by atoms with Gasteiger partial charge in [0, 0.05) is 12.1 Å². The molecule has 1 aliphatic heterocycles. The highest BCUT2D eigenvalue weighted by Crippen LogP contribution is 2.35. The maximum atomic E-state index is 13.0. The van der Waals surface area contributed by atoms with E-state index in [9.17, 15) is 4.39 Å². The van der Waals surface area contributed by atoms with Crippen molar-refractivity contribution in [1.82, 2.24) is 14.6 Å². The molecule has 0 fully saturated rings. The van der Waals surface area contributed by atoms with Crippen LogP contribution in [-0.2, 0) is 6.54 Å². The lowest BCUT2D eigenvalue weighted by Gasteiger charge is -2.08. The van der Waals surface area contributed by atoms with Crippen LogP contribution >= 0.6 is 0 Å². The van der Waals surface area contributed by atoms with Gasteiger partial charge in [-0.3, -0.25) is 0 Å². The highest BCUT2D eigenvalue weighted by atomic mass is 19.1. The fourth-order valence-electron chi connectivity index (χ4n) is 3.02. The maximum Gasteiger partial charge on any atom is 0.231 e. The Kier molecular flexibility index (Phi) is 3.64. The summed E-state index contributed by atoms with van der Waals surface area (Å²) in [4.78, 5) is 4.42. The van der Waals surface area contributed by atoms with Crippen molar-refractivity contribution in [2.24, 2.45) is 0 Å². The molecule has 1 aliphatic rings. The van der Waals surface area contributed by atoms with Crippen LogP contribution in [0.2, 0.25) is 0 Å². The molecule has 0 saturated carbocycles. The maximum absolute atomic E-state index is 13.0. The first-order valence-electron chi connectivity index (χ1n) is 8.49. The van der Waals surface area contributed by atoms with Gasteiger partial charge in [-0.2, -0.15) is 0 Å². The fraction of sp³-hybridized carbons (Fsp3) is 0.100. The van der Waals surface area contributed by atoms with Gasteiger partial charge < -0.3 is 14.8 Å². The third-order valence-corrected chi connectivity index (χ3v) is 4.42. The SMILES string of the molecule is Fc1ccc(CNc2ccc3ncc(-c4ccc5c(c4)OCO5)n3n2)cc1. The Morgan fingerprint density at radius 2 is 1.85 bits per heavy atom. The number of hydrogen-bond acceptors (Lipinski definition) is 5. The van der Waals surface area contributed by atoms with Crippen molar-refractivity contribution < 1.29 is 13.9 Å². The molecular formula is C20H15FN4O2. The smallest absolute Gasteiger partial charge is 0.231 e. The van der Waals surface area contributed by atoms with Crippen LogP contribution in [0.15, 0.2) is 60.8 Å². The first-order valence-corrected chi connectivity index (χ1v) is 8.49. The zero-order valence-corrected chi connectivity index (χ0v) is 14.2. The molecule has 0 unspecified atom stereocenters.